The second kappa shape index (κ2) is 6.00. The van der Waals surface area contributed by atoms with Crippen LogP contribution in [0.3, 0.4) is 0 Å². The Hall–Kier alpha value is 0.0400. The van der Waals surface area contributed by atoms with Gasteiger partial charge in [0.15, 0.2) is 0 Å². The van der Waals surface area contributed by atoms with Crippen molar-refractivity contribution in [1.82, 2.24) is 5.32 Å². The molecule has 0 radical (unpaired) electrons. The van der Waals surface area contributed by atoms with Crippen LogP contribution < -0.4 is 10.2 Å². The Bertz CT molecular complexity index is 439. The van der Waals surface area contributed by atoms with E-state index in [9.17, 15) is 0 Å². The van der Waals surface area contributed by atoms with E-state index in [4.69, 9.17) is 23.2 Å². The van der Waals surface area contributed by atoms with E-state index in [2.05, 4.69) is 40.0 Å². The Morgan fingerprint density at radius 3 is 2.78 bits per heavy atom. The minimum Gasteiger partial charge on any atom is -0.364 e. The predicted molar refractivity (Wildman–Crippen MR) is 83.1 cm³/mol. The zero-order chi connectivity index (χ0) is 13.3. The van der Waals surface area contributed by atoms with E-state index in [1.54, 1.807) is 0 Å². The highest BCUT2D eigenvalue weighted by Gasteiger charge is 2.26. The van der Waals surface area contributed by atoms with Crippen LogP contribution in [0.1, 0.15) is 20.3 Å². The standard InChI is InChI=1S/C13H17BrCl2N2/c1-3-9-6-17-8(2)7-18(9)11-5-4-10(14)12(15)13(11)16/h4-5,8-9,17H,3,6-7H2,1-2H3. The molecule has 2 nitrogen and oxygen atoms in total. The number of hydrogen-bond acceptors (Lipinski definition) is 2. The van der Waals surface area contributed by atoms with Crippen LogP contribution in [0.15, 0.2) is 16.6 Å². The van der Waals surface area contributed by atoms with Crippen molar-refractivity contribution < 1.29 is 0 Å². The van der Waals surface area contributed by atoms with Crippen molar-refractivity contribution in [2.75, 3.05) is 18.0 Å². The molecule has 0 bridgehead atoms. The van der Waals surface area contributed by atoms with Gasteiger partial charge in [0.1, 0.15) is 0 Å². The van der Waals surface area contributed by atoms with Gasteiger partial charge in [-0.25, -0.2) is 0 Å². The van der Waals surface area contributed by atoms with E-state index >= 15 is 0 Å². The molecule has 0 saturated carbocycles. The summed E-state index contributed by atoms with van der Waals surface area (Å²) in [6, 6.07) is 4.93. The summed E-state index contributed by atoms with van der Waals surface area (Å²) in [6.45, 7) is 6.33. The van der Waals surface area contributed by atoms with Gasteiger partial charge < -0.3 is 10.2 Å². The average molecular weight is 352 g/mol. The largest absolute Gasteiger partial charge is 0.364 e. The van der Waals surface area contributed by atoms with Crippen LogP contribution in [-0.2, 0) is 0 Å². The zero-order valence-electron chi connectivity index (χ0n) is 10.5. The lowest BCUT2D eigenvalue weighted by Crippen LogP contribution is -2.55. The Balaban J connectivity index is 2.36. The van der Waals surface area contributed by atoms with Gasteiger partial charge in [0.2, 0.25) is 0 Å². The maximum Gasteiger partial charge on any atom is 0.0837 e. The topological polar surface area (TPSA) is 15.3 Å². The SMILES string of the molecule is CCC1CNC(C)CN1c1ccc(Br)c(Cl)c1Cl. The van der Waals surface area contributed by atoms with Gasteiger partial charge in [-0.1, -0.05) is 30.1 Å². The number of nitrogens with one attached hydrogen (secondary N) is 1. The minimum absolute atomic E-state index is 0.464. The molecular weight excluding hydrogens is 335 g/mol. The van der Waals surface area contributed by atoms with E-state index < -0.39 is 0 Å². The smallest absolute Gasteiger partial charge is 0.0837 e. The summed E-state index contributed by atoms with van der Waals surface area (Å²) >= 11 is 16.0. The monoisotopic (exact) mass is 350 g/mol. The maximum absolute atomic E-state index is 6.38. The number of anilines is 1. The molecule has 2 atom stereocenters. The third kappa shape index (κ3) is 2.79. The molecule has 0 spiro atoms. The van der Waals surface area contributed by atoms with Crippen LogP contribution in [-0.4, -0.2) is 25.2 Å². The molecule has 1 aliphatic heterocycles. The van der Waals surface area contributed by atoms with Gasteiger partial charge in [-0.2, -0.15) is 0 Å². The summed E-state index contributed by atoms with van der Waals surface area (Å²) in [4.78, 5) is 2.36. The summed E-state index contributed by atoms with van der Waals surface area (Å²) in [5.41, 5.74) is 1.03. The second-order valence-corrected chi connectivity index (χ2v) is 6.33. The summed E-state index contributed by atoms with van der Waals surface area (Å²) in [6.07, 6.45) is 1.09. The van der Waals surface area contributed by atoms with Gasteiger partial charge in [0.25, 0.3) is 0 Å². The minimum atomic E-state index is 0.464. The van der Waals surface area contributed by atoms with Crippen LogP contribution in [0.2, 0.25) is 10.0 Å². The Morgan fingerprint density at radius 1 is 1.39 bits per heavy atom. The Labute approximate surface area is 127 Å². The third-order valence-electron chi connectivity index (χ3n) is 3.41. The lowest BCUT2D eigenvalue weighted by Gasteiger charge is -2.41. The van der Waals surface area contributed by atoms with Crippen molar-refractivity contribution in [3.63, 3.8) is 0 Å². The fourth-order valence-electron chi connectivity index (χ4n) is 2.35. The van der Waals surface area contributed by atoms with E-state index in [1.807, 2.05) is 12.1 Å². The molecule has 1 aromatic carbocycles. The van der Waals surface area contributed by atoms with Crippen molar-refractivity contribution >= 4 is 44.8 Å². The normalized spacial score (nSPS) is 24.4. The van der Waals surface area contributed by atoms with E-state index in [-0.39, 0.29) is 0 Å². The molecule has 0 amide bonds. The molecular formula is C13H17BrCl2N2. The average Bonchev–Trinajstić information content (AvgIpc) is 2.36. The van der Waals surface area contributed by atoms with Crippen molar-refractivity contribution in [2.24, 2.45) is 0 Å². The Kier molecular flexibility index (Phi) is 4.81. The Morgan fingerprint density at radius 2 is 2.11 bits per heavy atom. The van der Waals surface area contributed by atoms with Crippen LogP contribution in [0, 0.1) is 0 Å². The van der Waals surface area contributed by atoms with Crippen LogP contribution >= 0.6 is 39.1 Å². The van der Waals surface area contributed by atoms with Crippen LogP contribution in [0.25, 0.3) is 0 Å². The van der Waals surface area contributed by atoms with Gasteiger partial charge in [0.05, 0.1) is 15.7 Å². The number of benzene rings is 1. The molecule has 1 aliphatic rings. The molecule has 2 rings (SSSR count). The first kappa shape index (κ1) is 14.4. The molecule has 18 heavy (non-hydrogen) atoms. The molecule has 100 valence electrons. The maximum atomic E-state index is 6.38. The summed E-state index contributed by atoms with van der Waals surface area (Å²) in [7, 11) is 0. The number of rotatable bonds is 2. The van der Waals surface area contributed by atoms with Gasteiger partial charge >= 0.3 is 0 Å². The molecule has 2 unspecified atom stereocenters. The van der Waals surface area contributed by atoms with Crippen molar-refractivity contribution in [3.05, 3.63) is 26.7 Å². The van der Waals surface area contributed by atoms with E-state index in [0.717, 1.165) is 29.7 Å². The molecule has 1 N–H and O–H groups in total. The molecule has 1 heterocycles. The van der Waals surface area contributed by atoms with E-state index in [1.165, 1.54) is 0 Å². The van der Waals surface area contributed by atoms with Crippen molar-refractivity contribution in [3.8, 4) is 0 Å². The number of piperazine rings is 1. The molecule has 1 aromatic rings. The predicted octanol–water partition coefficient (Wildman–Crippen LogP) is 4.33. The summed E-state index contributed by atoms with van der Waals surface area (Å²) in [5, 5.41) is 4.73. The second-order valence-electron chi connectivity index (χ2n) is 4.72. The highest BCUT2D eigenvalue weighted by molar-refractivity contribution is 9.10. The summed E-state index contributed by atoms with van der Waals surface area (Å²) in [5.74, 6) is 0. The van der Waals surface area contributed by atoms with E-state index in [0.29, 0.717) is 22.1 Å². The van der Waals surface area contributed by atoms with Crippen molar-refractivity contribution in [2.45, 2.75) is 32.4 Å². The number of hydrogen-bond donors (Lipinski definition) is 1. The zero-order valence-corrected chi connectivity index (χ0v) is 13.6. The first-order chi connectivity index (χ1) is 8.54. The fraction of sp³-hybridized carbons (Fsp3) is 0.538. The lowest BCUT2D eigenvalue weighted by atomic mass is 10.1. The van der Waals surface area contributed by atoms with Gasteiger partial charge in [-0.3, -0.25) is 0 Å². The highest BCUT2D eigenvalue weighted by atomic mass is 79.9. The lowest BCUT2D eigenvalue weighted by molar-refractivity contribution is 0.402. The van der Waals surface area contributed by atoms with Gasteiger partial charge in [-0.15, -0.1) is 0 Å². The van der Waals surface area contributed by atoms with Crippen LogP contribution in [0.5, 0.6) is 0 Å². The van der Waals surface area contributed by atoms with Gasteiger partial charge in [0, 0.05) is 29.6 Å². The quantitative estimate of drug-likeness (QED) is 0.797. The number of nitrogens with zero attached hydrogens (tertiary/aromatic N) is 1. The highest BCUT2D eigenvalue weighted by Crippen LogP contribution is 2.39. The van der Waals surface area contributed by atoms with Crippen molar-refractivity contribution in [1.29, 1.82) is 0 Å². The molecule has 0 aromatic heterocycles. The summed E-state index contributed by atoms with van der Waals surface area (Å²) < 4.78 is 0.842. The van der Waals surface area contributed by atoms with Gasteiger partial charge in [-0.05, 0) is 41.4 Å². The first-order valence-electron chi connectivity index (χ1n) is 6.18. The number of halogens is 3. The molecule has 5 heteroatoms. The molecule has 1 saturated heterocycles. The first-order valence-corrected chi connectivity index (χ1v) is 7.73. The van der Waals surface area contributed by atoms with Crippen LogP contribution in [0.4, 0.5) is 5.69 Å². The fourth-order valence-corrected chi connectivity index (χ4v) is 3.23. The molecule has 1 fully saturated rings. The molecule has 0 aliphatic carbocycles. The third-order valence-corrected chi connectivity index (χ3v) is 5.17.